The van der Waals surface area contributed by atoms with Gasteiger partial charge in [-0.3, -0.25) is 19.2 Å². The highest BCUT2D eigenvalue weighted by Gasteiger charge is 2.27. The van der Waals surface area contributed by atoms with Crippen LogP contribution < -0.4 is 14.2 Å². The van der Waals surface area contributed by atoms with Crippen molar-refractivity contribution < 1.29 is 47.7 Å². The number of fused-ring (bicyclic) bond motifs is 3. The molecule has 0 radical (unpaired) electrons. The van der Waals surface area contributed by atoms with Crippen LogP contribution in [-0.2, 0) is 34.8 Å². The molecule has 0 atom stereocenters. The summed E-state index contributed by atoms with van der Waals surface area (Å²) in [5, 5.41) is 23.1. The number of hydrogen-bond acceptors (Lipinski definition) is 13. The van der Waals surface area contributed by atoms with E-state index in [1.54, 1.807) is 61.8 Å². The maximum absolute atomic E-state index is 14.1. The minimum Gasteiger partial charge on any atom is -0.380 e. The number of ether oxygens (including phenoxy) is 1. The molecule has 5 aromatic carbocycles. The van der Waals surface area contributed by atoms with Crippen molar-refractivity contribution in [1.82, 2.24) is 30.1 Å². The fourth-order valence-corrected chi connectivity index (χ4v) is 12.7. The Labute approximate surface area is 470 Å². The van der Waals surface area contributed by atoms with Gasteiger partial charge in [-0.05, 0) is 122 Å². The number of halogens is 4. The first-order valence-electron chi connectivity index (χ1n) is 24.3. The van der Waals surface area contributed by atoms with Gasteiger partial charge in [0.25, 0.3) is 30.1 Å². The summed E-state index contributed by atoms with van der Waals surface area (Å²) in [6.45, 7) is 4.86. The highest BCUT2D eigenvalue weighted by molar-refractivity contribution is 7.93. The maximum atomic E-state index is 14.1. The van der Waals surface area contributed by atoms with Crippen LogP contribution in [0.4, 0.5) is 30.2 Å². The highest BCUT2D eigenvalue weighted by Crippen LogP contribution is 2.35. The SMILES string of the molecule is Cc1noc(C)c1-c1ccc2c(S(=O)(=O)Nc3ccc(C#N)cc3F)c[nH]c2c1.N#Cc1ccc(NS(=O)(=O)c2c[nH]c3cc(-c4ccncc4)ccc23)c(F)c1.O=S(=O)(Nc1ccc(Cl)cc1F)c1c[nH]c2nc(C3COC3)ccc12. The van der Waals surface area contributed by atoms with Crippen LogP contribution in [0.25, 0.3) is 55.1 Å². The van der Waals surface area contributed by atoms with E-state index in [1.165, 1.54) is 55.0 Å². The van der Waals surface area contributed by atoms with Crippen LogP contribution in [-0.4, -0.2) is 68.5 Å². The molecule has 0 amide bonds. The standard InChI is InChI=1S/C20H15FN4O3S.C20H13FN4O2S.C16H13ClFN3O3S/c1-11-20(12(2)28-24-11)14-4-5-15-18(8-14)23-10-19(15)29(26,27)25-17-6-3-13(9-22)7-16(17)21;21-17-9-13(11-22)1-4-18(17)25-28(26,27)20-12-24-19-10-15(2-3-16(19)20)14-5-7-23-8-6-14;17-10-1-3-14(12(18)5-10)21-25(22,23)15-6-19-16-11(15)2-4-13(20-16)9-7-24-8-9/h3-8,10,23,25H,1-2H3;1-10,12,24-25H;1-6,9,21H,7-8H2,(H,19,20). The number of hydrogen-bond donors (Lipinski definition) is 6. The molecule has 0 unspecified atom stereocenters. The fraction of sp³-hybridized carbons (Fsp3) is 0.0893. The Balaban J connectivity index is 0.000000138. The van der Waals surface area contributed by atoms with Crippen molar-refractivity contribution >= 4 is 91.6 Å². The number of anilines is 3. The van der Waals surface area contributed by atoms with E-state index < -0.39 is 47.5 Å². The molecule has 26 heteroatoms. The average Bonchev–Trinajstić information content (AvgIpc) is 4.42. The Hall–Kier alpha value is -9.50. The van der Waals surface area contributed by atoms with E-state index in [2.05, 4.69) is 44.2 Å². The van der Waals surface area contributed by atoms with Crippen molar-refractivity contribution in [1.29, 1.82) is 10.5 Å². The molecule has 0 bridgehead atoms. The van der Waals surface area contributed by atoms with E-state index in [-0.39, 0.29) is 53.8 Å². The first-order chi connectivity index (χ1) is 39.2. The molecule has 414 valence electrons. The minimum absolute atomic E-state index is 0.000703. The second-order valence-corrected chi connectivity index (χ2v) is 23.7. The van der Waals surface area contributed by atoms with Gasteiger partial charge in [0.1, 0.15) is 43.5 Å². The summed E-state index contributed by atoms with van der Waals surface area (Å²) >= 11 is 5.68. The van der Waals surface area contributed by atoms with Gasteiger partial charge < -0.3 is 24.2 Å². The first-order valence-corrected chi connectivity index (χ1v) is 29.1. The highest BCUT2D eigenvalue weighted by atomic mass is 35.5. The zero-order valence-corrected chi connectivity index (χ0v) is 45.8. The summed E-state index contributed by atoms with van der Waals surface area (Å²) in [6.07, 6.45) is 7.42. The number of nitriles is 2. The van der Waals surface area contributed by atoms with Crippen molar-refractivity contribution in [3.63, 3.8) is 0 Å². The van der Waals surface area contributed by atoms with Crippen LogP contribution in [0.1, 0.15) is 34.2 Å². The number of aromatic amines is 3. The topological polar surface area (TPSA) is 294 Å². The van der Waals surface area contributed by atoms with Gasteiger partial charge in [-0.2, -0.15) is 10.5 Å². The summed E-state index contributed by atoms with van der Waals surface area (Å²) < 4.78 is 136. The molecule has 82 heavy (non-hydrogen) atoms. The summed E-state index contributed by atoms with van der Waals surface area (Å²) in [4.78, 5) is 17.2. The van der Waals surface area contributed by atoms with Crippen LogP contribution >= 0.6 is 11.6 Å². The molecule has 0 spiro atoms. The zero-order valence-electron chi connectivity index (χ0n) is 42.6. The zero-order chi connectivity index (χ0) is 58.1. The van der Waals surface area contributed by atoms with E-state index in [0.717, 1.165) is 51.8 Å². The van der Waals surface area contributed by atoms with Crippen LogP contribution in [0.15, 0.2) is 165 Å². The van der Waals surface area contributed by atoms with Crippen LogP contribution in [0.2, 0.25) is 5.02 Å². The van der Waals surface area contributed by atoms with Crippen molar-refractivity contribution in [2.24, 2.45) is 0 Å². The van der Waals surface area contributed by atoms with Crippen molar-refractivity contribution in [3.8, 4) is 34.4 Å². The van der Waals surface area contributed by atoms with Crippen molar-refractivity contribution in [2.45, 2.75) is 34.5 Å². The lowest BCUT2D eigenvalue weighted by atomic mass is 10.0. The van der Waals surface area contributed by atoms with Crippen LogP contribution in [0.5, 0.6) is 0 Å². The third-order valence-electron chi connectivity index (χ3n) is 12.9. The van der Waals surface area contributed by atoms with Crippen LogP contribution in [0, 0.1) is 54.0 Å². The largest absolute Gasteiger partial charge is 0.380 e. The number of pyridine rings is 2. The lowest BCUT2D eigenvalue weighted by molar-refractivity contribution is 0.00683. The molecule has 12 rings (SSSR count). The fourth-order valence-electron chi connectivity index (χ4n) is 8.78. The molecule has 11 aromatic rings. The normalized spacial score (nSPS) is 12.6. The lowest BCUT2D eigenvalue weighted by Gasteiger charge is -2.25. The van der Waals surface area contributed by atoms with Gasteiger partial charge in [0, 0.05) is 74.7 Å². The third kappa shape index (κ3) is 11.6. The molecule has 1 aliphatic heterocycles. The number of aryl methyl sites for hydroxylation is 2. The summed E-state index contributed by atoms with van der Waals surface area (Å²) in [5.41, 5.74) is 6.41. The Morgan fingerprint density at radius 1 is 0.585 bits per heavy atom. The molecule has 6 aromatic heterocycles. The summed E-state index contributed by atoms with van der Waals surface area (Å²) in [7, 11) is -12.1. The van der Waals surface area contributed by atoms with Gasteiger partial charge in [0.2, 0.25) is 0 Å². The third-order valence-corrected chi connectivity index (χ3v) is 17.4. The molecule has 0 saturated carbocycles. The van der Waals surface area contributed by atoms with E-state index in [9.17, 15) is 38.4 Å². The van der Waals surface area contributed by atoms with Gasteiger partial charge >= 0.3 is 0 Å². The van der Waals surface area contributed by atoms with Crippen molar-refractivity contribution in [3.05, 3.63) is 197 Å². The number of sulfonamides is 3. The average molecular weight is 1180 g/mol. The quantitative estimate of drug-likeness (QED) is 0.0664. The van der Waals surface area contributed by atoms with Gasteiger partial charge in [0.15, 0.2) is 0 Å². The second-order valence-electron chi connectivity index (χ2n) is 18.3. The molecule has 1 saturated heterocycles. The second kappa shape index (κ2) is 22.6. The van der Waals surface area contributed by atoms with Gasteiger partial charge in [-0.1, -0.05) is 41.0 Å². The number of nitrogens with zero attached hydrogens (tertiary/aromatic N) is 5. The number of aromatic nitrogens is 6. The number of benzene rings is 5. The van der Waals surface area contributed by atoms with E-state index in [1.807, 2.05) is 37.3 Å². The minimum atomic E-state index is -4.06. The smallest absolute Gasteiger partial charge is 0.264 e. The Morgan fingerprint density at radius 3 is 1.56 bits per heavy atom. The van der Waals surface area contributed by atoms with E-state index in [4.69, 9.17) is 31.4 Å². The van der Waals surface area contributed by atoms with Crippen LogP contribution in [0.3, 0.4) is 0 Å². The predicted octanol–water partition coefficient (Wildman–Crippen LogP) is 11.6. The molecular weight excluding hydrogens is 1140 g/mol. The van der Waals surface area contributed by atoms with E-state index >= 15 is 0 Å². The molecule has 7 heterocycles. The van der Waals surface area contributed by atoms with Gasteiger partial charge in [-0.25, -0.2) is 43.4 Å². The Morgan fingerprint density at radius 2 is 1.07 bits per heavy atom. The number of nitrogens with one attached hydrogen (secondary N) is 6. The molecule has 19 nitrogen and oxygen atoms in total. The number of rotatable bonds is 12. The molecular formula is C56H41ClF3N11O8S3. The maximum Gasteiger partial charge on any atom is 0.264 e. The Kier molecular flexibility index (Phi) is 15.4. The summed E-state index contributed by atoms with van der Waals surface area (Å²) in [6, 6.07) is 32.2. The predicted molar refractivity (Wildman–Crippen MR) is 301 cm³/mol. The summed E-state index contributed by atoms with van der Waals surface area (Å²) in [5.74, 6) is -1.50. The number of H-pyrrole nitrogens is 3. The Bertz CT molecular complexity index is 4710. The lowest BCUT2D eigenvalue weighted by Crippen LogP contribution is -2.25. The monoisotopic (exact) mass is 1180 g/mol. The molecule has 6 N–H and O–H groups in total. The molecule has 0 aliphatic carbocycles. The van der Waals surface area contributed by atoms with Gasteiger partial charge in [0.05, 0.1) is 64.9 Å². The van der Waals surface area contributed by atoms with Crippen molar-refractivity contribution in [2.75, 3.05) is 27.4 Å². The van der Waals surface area contributed by atoms with Gasteiger partial charge in [-0.15, -0.1) is 0 Å². The first kappa shape index (κ1) is 55.8. The van der Waals surface area contributed by atoms with E-state index in [0.29, 0.717) is 51.8 Å². The molecule has 1 aliphatic rings. The molecule has 1 fully saturated rings.